The molecular formula is C25H19F3N4O3S. The Balaban J connectivity index is 1.60. The van der Waals surface area contributed by atoms with E-state index < -0.39 is 33.6 Å². The number of aliphatic imine (C=N–C) groups is 1. The number of nitrogens with two attached hydrogens (primary N) is 1. The van der Waals surface area contributed by atoms with E-state index in [1.165, 1.54) is 30.5 Å². The number of hydrogen-bond acceptors (Lipinski definition) is 6. The molecule has 0 saturated heterocycles. The summed E-state index contributed by atoms with van der Waals surface area (Å²) in [6.45, 7) is 0. The van der Waals surface area contributed by atoms with Crippen LogP contribution >= 0.6 is 0 Å². The van der Waals surface area contributed by atoms with Crippen LogP contribution in [0.3, 0.4) is 0 Å². The lowest BCUT2D eigenvalue weighted by molar-refractivity contribution is 0.511. The van der Waals surface area contributed by atoms with Crippen molar-refractivity contribution < 1.29 is 26.0 Å². The van der Waals surface area contributed by atoms with Crippen molar-refractivity contribution in [1.29, 1.82) is 0 Å². The van der Waals surface area contributed by atoms with E-state index in [2.05, 4.69) is 9.71 Å². The van der Waals surface area contributed by atoms with E-state index in [1.807, 2.05) is 0 Å². The third-order valence-corrected chi connectivity index (χ3v) is 6.23. The van der Waals surface area contributed by atoms with Crippen LogP contribution in [-0.2, 0) is 10.0 Å². The molecule has 11 heteroatoms. The van der Waals surface area contributed by atoms with E-state index in [0.29, 0.717) is 22.4 Å². The monoisotopic (exact) mass is 512 g/mol. The molecule has 4 aromatic rings. The SMILES string of the molecule is CS(=O)(=O)Nc1cc(C2=Nc3occc3C(N)N2c2ccc(-c3cccc(F)c3F)cc2)ccc1F. The maximum Gasteiger partial charge on any atom is 0.229 e. The van der Waals surface area contributed by atoms with E-state index in [0.717, 1.165) is 18.4 Å². The molecule has 2 heterocycles. The number of halogens is 3. The summed E-state index contributed by atoms with van der Waals surface area (Å²) in [7, 11) is -3.75. The lowest BCUT2D eigenvalue weighted by Crippen LogP contribution is -2.42. The fourth-order valence-electron chi connectivity index (χ4n) is 4.01. The molecule has 184 valence electrons. The molecule has 1 unspecified atom stereocenters. The first kappa shape index (κ1) is 23.6. The molecule has 1 aliphatic rings. The van der Waals surface area contributed by atoms with E-state index >= 15 is 0 Å². The largest absolute Gasteiger partial charge is 0.446 e. The number of rotatable bonds is 5. The normalized spacial score (nSPS) is 15.4. The van der Waals surface area contributed by atoms with Gasteiger partial charge in [0.2, 0.25) is 15.9 Å². The van der Waals surface area contributed by atoms with Crippen LogP contribution in [0.5, 0.6) is 0 Å². The second-order valence-corrected chi connectivity index (χ2v) is 9.90. The van der Waals surface area contributed by atoms with Gasteiger partial charge in [-0.2, -0.15) is 4.99 Å². The number of benzene rings is 3. The molecular weight excluding hydrogens is 493 g/mol. The van der Waals surface area contributed by atoms with Gasteiger partial charge in [-0.25, -0.2) is 21.6 Å². The predicted octanol–water partition coefficient (Wildman–Crippen LogP) is 5.29. The number of nitrogens with one attached hydrogen (secondary N) is 1. The van der Waals surface area contributed by atoms with Crippen LogP contribution in [0.15, 0.2) is 82.4 Å². The van der Waals surface area contributed by atoms with Crippen LogP contribution in [0, 0.1) is 17.5 Å². The molecule has 3 aromatic carbocycles. The second kappa shape index (κ2) is 8.85. The maximum absolute atomic E-state index is 14.3. The van der Waals surface area contributed by atoms with Gasteiger partial charge in [-0.15, -0.1) is 0 Å². The van der Waals surface area contributed by atoms with Crippen molar-refractivity contribution in [2.45, 2.75) is 6.17 Å². The Labute approximate surface area is 204 Å². The number of anilines is 2. The quantitative estimate of drug-likeness (QED) is 0.378. The lowest BCUT2D eigenvalue weighted by atomic mass is 10.0. The predicted molar refractivity (Wildman–Crippen MR) is 131 cm³/mol. The van der Waals surface area contributed by atoms with Crippen LogP contribution in [0.2, 0.25) is 0 Å². The molecule has 3 N–H and O–H groups in total. The molecule has 1 aromatic heterocycles. The molecule has 1 aliphatic heterocycles. The summed E-state index contributed by atoms with van der Waals surface area (Å²) in [6.07, 6.45) is 1.59. The molecule has 0 amide bonds. The highest BCUT2D eigenvalue weighted by molar-refractivity contribution is 7.92. The van der Waals surface area contributed by atoms with E-state index in [4.69, 9.17) is 10.2 Å². The number of furan rings is 1. The van der Waals surface area contributed by atoms with Crippen LogP contribution in [-0.4, -0.2) is 20.5 Å². The maximum atomic E-state index is 14.3. The number of hydrogen-bond donors (Lipinski definition) is 2. The second-order valence-electron chi connectivity index (χ2n) is 8.15. The fraction of sp³-hybridized carbons (Fsp3) is 0.0800. The van der Waals surface area contributed by atoms with E-state index in [9.17, 15) is 21.6 Å². The van der Waals surface area contributed by atoms with Crippen molar-refractivity contribution >= 4 is 33.1 Å². The van der Waals surface area contributed by atoms with Crippen LogP contribution in [0.25, 0.3) is 11.1 Å². The fourth-order valence-corrected chi connectivity index (χ4v) is 4.56. The summed E-state index contributed by atoms with van der Waals surface area (Å²) in [5.74, 6) is -2.15. The van der Waals surface area contributed by atoms with Crippen molar-refractivity contribution in [3.63, 3.8) is 0 Å². The highest BCUT2D eigenvalue weighted by Gasteiger charge is 2.32. The number of nitrogens with zero attached hydrogens (tertiary/aromatic N) is 2. The molecule has 0 bridgehead atoms. The smallest absolute Gasteiger partial charge is 0.229 e. The minimum atomic E-state index is -3.75. The summed E-state index contributed by atoms with van der Waals surface area (Å²) in [5, 5.41) is 0. The summed E-state index contributed by atoms with van der Waals surface area (Å²) in [4.78, 5) is 6.20. The lowest BCUT2D eigenvalue weighted by Gasteiger charge is -2.34. The first-order valence-electron chi connectivity index (χ1n) is 10.7. The third-order valence-electron chi connectivity index (χ3n) is 5.63. The Bertz CT molecular complexity index is 1600. The van der Waals surface area contributed by atoms with Gasteiger partial charge in [0.25, 0.3) is 0 Å². The Morgan fingerprint density at radius 1 is 0.972 bits per heavy atom. The summed E-state index contributed by atoms with van der Waals surface area (Å²) >= 11 is 0. The van der Waals surface area contributed by atoms with E-state index in [-0.39, 0.29) is 23.0 Å². The molecule has 5 rings (SSSR count). The Kier molecular flexibility index (Phi) is 5.81. The molecule has 7 nitrogen and oxygen atoms in total. The summed E-state index contributed by atoms with van der Waals surface area (Å²) < 4.78 is 73.3. The van der Waals surface area contributed by atoms with Gasteiger partial charge in [-0.1, -0.05) is 24.3 Å². The first-order valence-corrected chi connectivity index (χ1v) is 12.5. The zero-order valence-electron chi connectivity index (χ0n) is 18.7. The first-order chi connectivity index (χ1) is 17.1. The average molecular weight is 513 g/mol. The highest BCUT2D eigenvalue weighted by atomic mass is 32.2. The van der Waals surface area contributed by atoms with E-state index in [1.54, 1.807) is 35.2 Å². The Hall–Kier alpha value is -4.09. The minimum Gasteiger partial charge on any atom is -0.446 e. The van der Waals surface area contributed by atoms with Gasteiger partial charge in [-0.05, 0) is 48.0 Å². The minimum absolute atomic E-state index is 0.102. The van der Waals surface area contributed by atoms with Crippen molar-refractivity contribution in [2.24, 2.45) is 10.7 Å². The summed E-state index contributed by atoms with van der Waals surface area (Å²) in [6, 6.07) is 16.0. The standard InChI is InChI=1S/C25H19F3N4O3S/c1-36(33,34)31-21-13-15(7-10-19(21)26)24-30-25-18(11-12-35-25)23(29)32(24)16-8-5-14(6-9-16)17-3-2-4-20(27)22(17)28/h2-13,23,31H,29H2,1H3. The van der Waals surface area contributed by atoms with Gasteiger partial charge < -0.3 is 15.1 Å². The van der Waals surface area contributed by atoms with Crippen LogP contribution in [0.1, 0.15) is 17.3 Å². The van der Waals surface area contributed by atoms with Crippen LogP contribution in [0.4, 0.5) is 30.4 Å². The summed E-state index contributed by atoms with van der Waals surface area (Å²) in [5.41, 5.74) is 8.35. The Morgan fingerprint density at radius 2 is 1.69 bits per heavy atom. The van der Waals surface area contributed by atoms with Gasteiger partial charge in [0.05, 0.1) is 23.8 Å². The zero-order chi connectivity index (χ0) is 25.6. The van der Waals surface area contributed by atoms with Crippen molar-refractivity contribution in [3.05, 3.63) is 102 Å². The van der Waals surface area contributed by atoms with Gasteiger partial charge in [-0.3, -0.25) is 4.72 Å². The average Bonchev–Trinajstić information content (AvgIpc) is 3.31. The van der Waals surface area contributed by atoms with Gasteiger partial charge in [0.15, 0.2) is 11.6 Å². The zero-order valence-corrected chi connectivity index (χ0v) is 19.6. The molecule has 36 heavy (non-hydrogen) atoms. The van der Waals surface area contributed by atoms with Crippen molar-refractivity contribution in [2.75, 3.05) is 15.9 Å². The molecule has 0 radical (unpaired) electrons. The molecule has 0 saturated carbocycles. The third kappa shape index (κ3) is 4.34. The number of fused-ring (bicyclic) bond motifs is 1. The molecule has 0 spiro atoms. The van der Waals surface area contributed by atoms with Gasteiger partial charge >= 0.3 is 0 Å². The van der Waals surface area contributed by atoms with Crippen LogP contribution < -0.4 is 15.4 Å². The van der Waals surface area contributed by atoms with Crippen molar-refractivity contribution in [3.8, 4) is 11.1 Å². The molecule has 1 atom stereocenters. The van der Waals surface area contributed by atoms with Crippen molar-refractivity contribution in [1.82, 2.24) is 0 Å². The van der Waals surface area contributed by atoms with Gasteiger partial charge in [0, 0.05) is 16.8 Å². The number of sulfonamides is 1. The number of amidine groups is 1. The topological polar surface area (TPSA) is 101 Å². The van der Waals surface area contributed by atoms with Gasteiger partial charge in [0.1, 0.15) is 17.8 Å². The highest BCUT2D eigenvalue weighted by Crippen LogP contribution is 2.38. The Morgan fingerprint density at radius 3 is 2.42 bits per heavy atom. The molecule has 0 aliphatic carbocycles. The molecule has 0 fully saturated rings.